The van der Waals surface area contributed by atoms with Crippen molar-refractivity contribution in [2.75, 3.05) is 19.0 Å². The highest BCUT2D eigenvalue weighted by atomic mass is 32.2. The lowest BCUT2D eigenvalue weighted by Crippen LogP contribution is -1.99. The molecule has 1 aromatic carbocycles. The van der Waals surface area contributed by atoms with Crippen LogP contribution in [0.1, 0.15) is 38.4 Å². The summed E-state index contributed by atoms with van der Waals surface area (Å²) in [6.07, 6.45) is 1.93. The number of unbranched alkanes of at least 4 members (excludes halogenated alkanes) is 1. The highest BCUT2D eigenvalue weighted by Crippen LogP contribution is 2.22. The Morgan fingerprint density at radius 2 is 2.18 bits per heavy atom. The smallest absolute Gasteiger partial charge is 0.0762 e. The van der Waals surface area contributed by atoms with Crippen LogP contribution in [0.15, 0.2) is 29.2 Å². The molecule has 1 atom stereocenters. The lowest BCUT2D eigenvalue weighted by atomic mass is 10.1. The molecule has 0 aliphatic heterocycles. The summed E-state index contributed by atoms with van der Waals surface area (Å²) in [6.45, 7) is 5.62. The van der Waals surface area contributed by atoms with Gasteiger partial charge in [-0.15, -0.1) is 11.8 Å². The van der Waals surface area contributed by atoms with E-state index in [-0.39, 0.29) is 0 Å². The second kappa shape index (κ2) is 8.56. The van der Waals surface area contributed by atoms with E-state index in [1.165, 1.54) is 11.3 Å². The predicted octanol–water partition coefficient (Wildman–Crippen LogP) is 3.65. The summed E-state index contributed by atoms with van der Waals surface area (Å²) in [6, 6.07) is 8.05. The van der Waals surface area contributed by atoms with Crippen molar-refractivity contribution in [1.29, 1.82) is 0 Å². The van der Waals surface area contributed by atoms with Gasteiger partial charge in [0, 0.05) is 17.3 Å². The second-order valence-electron chi connectivity index (χ2n) is 4.06. The van der Waals surface area contributed by atoms with E-state index in [0.29, 0.717) is 0 Å². The summed E-state index contributed by atoms with van der Waals surface area (Å²) >= 11 is 1.77. The molecule has 3 heteroatoms. The number of hydrogen-bond donors (Lipinski definition) is 1. The molecule has 2 nitrogen and oxygen atoms in total. The molecule has 0 fully saturated rings. The Bertz CT molecular complexity index is 313. The van der Waals surface area contributed by atoms with Gasteiger partial charge in [0.15, 0.2) is 0 Å². The van der Waals surface area contributed by atoms with Gasteiger partial charge >= 0.3 is 0 Å². The highest BCUT2D eigenvalue weighted by Gasteiger charge is 2.01. The molecule has 0 amide bonds. The predicted molar refractivity (Wildman–Crippen MR) is 73.5 cm³/mol. The van der Waals surface area contributed by atoms with Gasteiger partial charge in [0.25, 0.3) is 0 Å². The zero-order chi connectivity index (χ0) is 12.5. The van der Waals surface area contributed by atoms with Crippen LogP contribution in [0.3, 0.4) is 0 Å². The summed E-state index contributed by atoms with van der Waals surface area (Å²) in [7, 11) is 0. The molecule has 0 radical (unpaired) electrons. The van der Waals surface area contributed by atoms with Gasteiger partial charge in [-0.1, -0.05) is 25.5 Å². The SMILES string of the molecule is CCCCOCCSc1cccc(C(C)O)c1. The van der Waals surface area contributed by atoms with E-state index >= 15 is 0 Å². The normalized spacial score (nSPS) is 12.6. The molecular formula is C14H22O2S. The van der Waals surface area contributed by atoms with Crippen LogP contribution >= 0.6 is 11.8 Å². The van der Waals surface area contributed by atoms with E-state index in [9.17, 15) is 5.11 Å². The van der Waals surface area contributed by atoms with E-state index in [0.717, 1.165) is 31.0 Å². The Morgan fingerprint density at radius 3 is 2.88 bits per heavy atom. The molecular weight excluding hydrogens is 232 g/mol. The van der Waals surface area contributed by atoms with Gasteiger partial charge < -0.3 is 9.84 Å². The van der Waals surface area contributed by atoms with Gasteiger partial charge in [0.1, 0.15) is 0 Å². The molecule has 1 N–H and O–H groups in total. The van der Waals surface area contributed by atoms with Crippen LogP contribution in [-0.2, 0) is 4.74 Å². The van der Waals surface area contributed by atoms with Gasteiger partial charge in [0.05, 0.1) is 12.7 Å². The molecule has 0 aromatic heterocycles. The number of aliphatic hydroxyl groups is 1. The summed E-state index contributed by atoms with van der Waals surface area (Å²) in [4.78, 5) is 1.20. The molecule has 1 unspecified atom stereocenters. The van der Waals surface area contributed by atoms with Crippen LogP contribution in [0, 0.1) is 0 Å². The van der Waals surface area contributed by atoms with Crippen molar-refractivity contribution in [3.63, 3.8) is 0 Å². The standard InChI is InChI=1S/C14H22O2S/c1-3-4-8-16-9-10-17-14-7-5-6-13(11-14)12(2)15/h5-7,11-12,15H,3-4,8-10H2,1-2H3. The number of hydrogen-bond acceptors (Lipinski definition) is 3. The molecule has 0 aliphatic carbocycles. The first kappa shape index (κ1) is 14.6. The Balaban J connectivity index is 2.24. The lowest BCUT2D eigenvalue weighted by molar-refractivity contribution is 0.147. The minimum Gasteiger partial charge on any atom is -0.389 e. The number of rotatable bonds is 8. The van der Waals surface area contributed by atoms with Gasteiger partial charge in [-0.2, -0.15) is 0 Å². The minimum absolute atomic E-state index is 0.392. The maximum absolute atomic E-state index is 9.48. The Morgan fingerprint density at radius 1 is 1.35 bits per heavy atom. The van der Waals surface area contributed by atoms with E-state index in [4.69, 9.17) is 4.74 Å². The molecule has 0 saturated carbocycles. The largest absolute Gasteiger partial charge is 0.389 e. The van der Waals surface area contributed by atoms with Crippen LogP contribution < -0.4 is 0 Å². The minimum atomic E-state index is -0.392. The van der Waals surface area contributed by atoms with Crippen molar-refractivity contribution in [3.8, 4) is 0 Å². The van der Waals surface area contributed by atoms with Crippen molar-refractivity contribution >= 4 is 11.8 Å². The monoisotopic (exact) mass is 254 g/mol. The Kier molecular flexibility index (Phi) is 7.33. The van der Waals surface area contributed by atoms with Crippen LogP contribution in [-0.4, -0.2) is 24.1 Å². The summed E-state index contributed by atoms with van der Waals surface area (Å²) in [5.74, 6) is 0.965. The van der Waals surface area contributed by atoms with Gasteiger partial charge in [-0.3, -0.25) is 0 Å². The van der Waals surface area contributed by atoms with Crippen LogP contribution in [0.4, 0.5) is 0 Å². The molecule has 0 bridgehead atoms. The fraction of sp³-hybridized carbons (Fsp3) is 0.571. The maximum atomic E-state index is 9.48. The molecule has 96 valence electrons. The molecule has 1 rings (SSSR count). The van der Waals surface area contributed by atoms with Crippen molar-refractivity contribution in [2.24, 2.45) is 0 Å². The average molecular weight is 254 g/mol. The fourth-order valence-electron chi connectivity index (χ4n) is 1.43. The number of aliphatic hydroxyl groups excluding tert-OH is 1. The highest BCUT2D eigenvalue weighted by molar-refractivity contribution is 7.99. The van der Waals surface area contributed by atoms with Crippen LogP contribution in [0.25, 0.3) is 0 Å². The van der Waals surface area contributed by atoms with Crippen molar-refractivity contribution < 1.29 is 9.84 Å². The Hall–Kier alpha value is -0.510. The Labute approximate surface area is 108 Å². The third-order valence-electron chi connectivity index (χ3n) is 2.48. The zero-order valence-electron chi connectivity index (χ0n) is 10.7. The third kappa shape index (κ3) is 6.10. The average Bonchev–Trinajstić information content (AvgIpc) is 2.34. The molecule has 0 heterocycles. The van der Waals surface area contributed by atoms with Crippen LogP contribution in [0.2, 0.25) is 0 Å². The number of benzene rings is 1. The summed E-state index contributed by atoms with van der Waals surface area (Å²) < 4.78 is 5.50. The molecule has 0 aliphatic rings. The first-order valence-corrected chi connectivity index (χ1v) is 7.21. The summed E-state index contributed by atoms with van der Waals surface area (Å²) in [5.41, 5.74) is 0.974. The van der Waals surface area contributed by atoms with Crippen molar-refractivity contribution in [3.05, 3.63) is 29.8 Å². The zero-order valence-corrected chi connectivity index (χ0v) is 11.5. The fourth-order valence-corrected chi connectivity index (χ4v) is 2.26. The first-order chi connectivity index (χ1) is 8.24. The van der Waals surface area contributed by atoms with E-state index in [2.05, 4.69) is 13.0 Å². The molecule has 0 saturated heterocycles. The van der Waals surface area contributed by atoms with E-state index in [1.54, 1.807) is 18.7 Å². The van der Waals surface area contributed by atoms with Crippen molar-refractivity contribution in [2.45, 2.75) is 37.7 Å². The quantitative estimate of drug-likeness (QED) is 0.567. The molecule has 1 aromatic rings. The lowest BCUT2D eigenvalue weighted by Gasteiger charge is -2.07. The van der Waals surface area contributed by atoms with Crippen molar-refractivity contribution in [1.82, 2.24) is 0 Å². The maximum Gasteiger partial charge on any atom is 0.0762 e. The molecule has 0 spiro atoms. The van der Waals surface area contributed by atoms with Gasteiger partial charge in [-0.05, 0) is 31.0 Å². The van der Waals surface area contributed by atoms with E-state index in [1.807, 2.05) is 18.2 Å². The number of ether oxygens (including phenoxy) is 1. The summed E-state index contributed by atoms with van der Waals surface area (Å²) in [5, 5.41) is 9.48. The number of thioether (sulfide) groups is 1. The van der Waals surface area contributed by atoms with E-state index < -0.39 is 6.10 Å². The van der Waals surface area contributed by atoms with Gasteiger partial charge in [0.2, 0.25) is 0 Å². The van der Waals surface area contributed by atoms with Gasteiger partial charge in [-0.25, -0.2) is 0 Å². The van der Waals surface area contributed by atoms with Crippen LogP contribution in [0.5, 0.6) is 0 Å². The molecule has 17 heavy (non-hydrogen) atoms. The topological polar surface area (TPSA) is 29.5 Å². The second-order valence-corrected chi connectivity index (χ2v) is 5.23. The first-order valence-electron chi connectivity index (χ1n) is 6.22. The third-order valence-corrected chi connectivity index (χ3v) is 3.44.